The third-order valence-corrected chi connectivity index (χ3v) is 4.36. The Labute approximate surface area is 97.0 Å². The zero-order chi connectivity index (χ0) is 10.3. The number of benzene rings is 1. The number of non-ortho nitro benzene ring substituents is 1. The standard InChI is InChI=1S/C8H5IN2O2S/c9-7-5-2-1-4(11(12)13)3-6(5)14-8(7)10/h1-3H,10H2. The van der Waals surface area contributed by atoms with Crippen molar-refractivity contribution in [1.82, 2.24) is 0 Å². The van der Waals surface area contributed by atoms with Gasteiger partial charge in [-0.1, -0.05) is 0 Å². The summed E-state index contributed by atoms with van der Waals surface area (Å²) in [6.45, 7) is 0. The summed E-state index contributed by atoms with van der Waals surface area (Å²) >= 11 is 3.52. The molecule has 0 atom stereocenters. The van der Waals surface area contributed by atoms with Crippen molar-refractivity contribution in [2.75, 3.05) is 5.73 Å². The van der Waals surface area contributed by atoms with Gasteiger partial charge in [-0.3, -0.25) is 10.1 Å². The van der Waals surface area contributed by atoms with Crippen LogP contribution in [-0.2, 0) is 0 Å². The van der Waals surface area contributed by atoms with Crippen molar-refractivity contribution < 1.29 is 4.92 Å². The van der Waals surface area contributed by atoms with Gasteiger partial charge in [-0.2, -0.15) is 0 Å². The molecule has 0 fully saturated rings. The molecule has 0 aliphatic carbocycles. The molecular weight excluding hydrogens is 315 g/mol. The van der Waals surface area contributed by atoms with E-state index in [0.29, 0.717) is 5.00 Å². The van der Waals surface area contributed by atoms with Crippen LogP contribution in [-0.4, -0.2) is 4.92 Å². The minimum absolute atomic E-state index is 0.107. The number of rotatable bonds is 1. The van der Waals surface area contributed by atoms with Crippen LogP contribution in [0.3, 0.4) is 0 Å². The maximum atomic E-state index is 10.5. The van der Waals surface area contributed by atoms with Crippen LogP contribution in [0.1, 0.15) is 0 Å². The van der Waals surface area contributed by atoms with E-state index in [-0.39, 0.29) is 5.69 Å². The predicted octanol–water partition coefficient (Wildman–Crippen LogP) is 3.00. The first-order chi connectivity index (χ1) is 6.59. The smallest absolute Gasteiger partial charge is 0.270 e. The number of nitrogens with zero attached hydrogens (tertiary/aromatic N) is 1. The lowest BCUT2D eigenvalue weighted by atomic mass is 10.2. The van der Waals surface area contributed by atoms with E-state index in [0.717, 1.165) is 13.7 Å². The lowest BCUT2D eigenvalue weighted by Crippen LogP contribution is -1.86. The summed E-state index contributed by atoms with van der Waals surface area (Å²) in [7, 11) is 0. The summed E-state index contributed by atoms with van der Waals surface area (Å²) in [5, 5.41) is 12.2. The minimum Gasteiger partial charge on any atom is -0.390 e. The monoisotopic (exact) mass is 320 g/mol. The lowest BCUT2D eigenvalue weighted by Gasteiger charge is -1.91. The van der Waals surface area contributed by atoms with Gasteiger partial charge in [-0.05, 0) is 28.7 Å². The zero-order valence-corrected chi connectivity index (χ0v) is 9.83. The van der Waals surface area contributed by atoms with Crippen LogP contribution in [0.15, 0.2) is 18.2 Å². The second kappa shape index (κ2) is 3.35. The Morgan fingerprint density at radius 2 is 2.21 bits per heavy atom. The van der Waals surface area contributed by atoms with Gasteiger partial charge in [0.15, 0.2) is 0 Å². The lowest BCUT2D eigenvalue weighted by molar-refractivity contribution is -0.384. The first-order valence-corrected chi connectivity index (χ1v) is 5.61. The predicted molar refractivity (Wildman–Crippen MR) is 65.6 cm³/mol. The van der Waals surface area contributed by atoms with Gasteiger partial charge in [0.2, 0.25) is 0 Å². The van der Waals surface area contributed by atoms with Crippen molar-refractivity contribution in [3.63, 3.8) is 0 Å². The normalized spacial score (nSPS) is 10.6. The van der Waals surface area contributed by atoms with Gasteiger partial charge in [0.1, 0.15) is 5.00 Å². The van der Waals surface area contributed by atoms with Crippen LogP contribution >= 0.6 is 33.9 Å². The molecule has 14 heavy (non-hydrogen) atoms. The first kappa shape index (κ1) is 9.66. The van der Waals surface area contributed by atoms with Crippen molar-refractivity contribution in [2.24, 2.45) is 0 Å². The number of thiophene rings is 1. The molecule has 0 aliphatic rings. The second-order valence-electron chi connectivity index (χ2n) is 2.72. The third-order valence-electron chi connectivity index (χ3n) is 1.85. The van der Waals surface area contributed by atoms with E-state index in [1.807, 2.05) is 0 Å². The molecule has 0 unspecified atom stereocenters. The Balaban J connectivity index is 2.73. The molecule has 2 aromatic rings. The Kier molecular flexibility index (Phi) is 2.31. The van der Waals surface area contributed by atoms with Gasteiger partial charge in [-0.15, -0.1) is 11.3 Å². The highest BCUT2D eigenvalue weighted by Gasteiger charge is 2.11. The maximum absolute atomic E-state index is 10.5. The van der Waals surface area contributed by atoms with Gasteiger partial charge in [-0.25, -0.2) is 0 Å². The molecule has 1 aromatic heterocycles. The fraction of sp³-hybridized carbons (Fsp3) is 0. The number of hydrogen-bond acceptors (Lipinski definition) is 4. The fourth-order valence-corrected chi connectivity index (χ4v) is 3.07. The van der Waals surface area contributed by atoms with Crippen LogP contribution in [0.2, 0.25) is 0 Å². The molecule has 2 rings (SSSR count). The van der Waals surface area contributed by atoms with Crippen molar-refractivity contribution in [3.05, 3.63) is 31.9 Å². The fourth-order valence-electron chi connectivity index (χ4n) is 1.19. The summed E-state index contributed by atoms with van der Waals surface area (Å²) in [5.74, 6) is 0. The van der Waals surface area contributed by atoms with E-state index in [9.17, 15) is 10.1 Å². The Hall–Kier alpha value is -0.890. The van der Waals surface area contributed by atoms with Crippen molar-refractivity contribution in [2.45, 2.75) is 0 Å². The molecule has 0 spiro atoms. The van der Waals surface area contributed by atoms with Crippen LogP contribution in [0.5, 0.6) is 0 Å². The average Bonchev–Trinajstić information content (AvgIpc) is 2.42. The molecule has 6 heteroatoms. The van der Waals surface area contributed by atoms with Gasteiger partial charge in [0, 0.05) is 22.2 Å². The zero-order valence-electron chi connectivity index (χ0n) is 6.86. The summed E-state index contributed by atoms with van der Waals surface area (Å²) in [4.78, 5) is 10.1. The molecule has 2 N–H and O–H groups in total. The van der Waals surface area contributed by atoms with E-state index in [2.05, 4.69) is 22.6 Å². The number of hydrogen-bond donors (Lipinski definition) is 1. The largest absolute Gasteiger partial charge is 0.390 e. The number of nitrogens with two attached hydrogens (primary N) is 1. The van der Waals surface area contributed by atoms with E-state index < -0.39 is 4.92 Å². The Morgan fingerprint density at radius 1 is 1.50 bits per heavy atom. The highest BCUT2D eigenvalue weighted by atomic mass is 127. The molecule has 0 radical (unpaired) electrons. The first-order valence-electron chi connectivity index (χ1n) is 3.71. The topological polar surface area (TPSA) is 69.2 Å². The van der Waals surface area contributed by atoms with Crippen molar-refractivity contribution in [1.29, 1.82) is 0 Å². The molecule has 1 heterocycles. The molecular formula is C8H5IN2O2S. The van der Waals surface area contributed by atoms with Crippen LogP contribution in [0, 0.1) is 13.7 Å². The molecule has 0 bridgehead atoms. The molecule has 0 saturated heterocycles. The van der Waals surface area contributed by atoms with Crippen LogP contribution in [0.25, 0.3) is 10.1 Å². The van der Waals surface area contributed by atoms with Crippen molar-refractivity contribution in [3.8, 4) is 0 Å². The number of nitrogen functional groups attached to an aromatic ring is 1. The molecule has 1 aromatic carbocycles. The quantitative estimate of drug-likeness (QED) is 0.499. The SMILES string of the molecule is Nc1sc2cc([N+](=O)[O-])ccc2c1I. The highest BCUT2D eigenvalue weighted by molar-refractivity contribution is 14.1. The number of nitro groups is 1. The summed E-state index contributed by atoms with van der Waals surface area (Å²) in [6.07, 6.45) is 0. The Bertz CT molecular complexity index is 523. The summed E-state index contributed by atoms with van der Waals surface area (Å²) in [6, 6.07) is 4.79. The van der Waals surface area contributed by atoms with Gasteiger partial charge in [0.25, 0.3) is 5.69 Å². The van der Waals surface area contributed by atoms with E-state index in [1.165, 1.54) is 17.4 Å². The van der Waals surface area contributed by atoms with Gasteiger partial charge >= 0.3 is 0 Å². The third kappa shape index (κ3) is 1.44. The van der Waals surface area contributed by atoms with Gasteiger partial charge < -0.3 is 5.73 Å². The number of fused-ring (bicyclic) bond motifs is 1. The Morgan fingerprint density at radius 3 is 2.86 bits per heavy atom. The van der Waals surface area contributed by atoms with E-state index in [1.54, 1.807) is 12.1 Å². The number of nitro benzene ring substituents is 1. The van der Waals surface area contributed by atoms with Gasteiger partial charge in [0.05, 0.1) is 8.49 Å². The number of anilines is 1. The minimum atomic E-state index is -0.401. The maximum Gasteiger partial charge on any atom is 0.270 e. The van der Waals surface area contributed by atoms with E-state index >= 15 is 0 Å². The highest BCUT2D eigenvalue weighted by Crippen LogP contribution is 2.36. The number of halogens is 1. The van der Waals surface area contributed by atoms with Crippen LogP contribution < -0.4 is 5.73 Å². The molecule has 0 aliphatic heterocycles. The second-order valence-corrected chi connectivity index (χ2v) is 4.88. The average molecular weight is 320 g/mol. The van der Waals surface area contributed by atoms with E-state index in [4.69, 9.17) is 5.73 Å². The molecule has 0 saturated carbocycles. The summed E-state index contributed by atoms with van der Waals surface area (Å²) in [5.41, 5.74) is 5.83. The molecule has 72 valence electrons. The molecule has 0 amide bonds. The summed E-state index contributed by atoms with van der Waals surface area (Å²) < 4.78 is 1.83. The molecule has 4 nitrogen and oxygen atoms in total. The van der Waals surface area contributed by atoms with Crippen molar-refractivity contribution >= 4 is 54.7 Å². The van der Waals surface area contributed by atoms with Crippen LogP contribution in [0.4, 0.5) is 10.7 Å².